The van der Waals surface area contributed by atoms with Gasteiger partial charge in [0.25, 0.3) is 0 Å². The van der Waals surface area contributed by atoms with Crippen LogP contribution in [0.3, 0.4) is 0 Å². The van der Waals surface area contributed by atoms with Crippen molar-refractivity contribution >= 4 is 61.4 Å². The molecule has 690 valence electrons. The summed E-state index contributed by atoms with van der Waals surface area (Å²) in [5.74, 6) is -68.4. The standard InChI is InChI=1S/2C32H17F26P.2ClH.Pt/c2*33-23(34,25(37,38)31(53,54)55)21(27(41,42)43,28(44,45)46)14-16-6-10-19(11-7-16)59(18-4-2-1-3-5-18)20-12-8-17(9-13-20)15-22(29(47,48)49,30(50,51)52)24(35,36)26(39,40)32(56,57)58;;;/h2*1-13H,14-15H2;2*1H;. The second kappa shape index (κ2) is 31.1. The van der Waals surface area contributed by atoms with E-state index in [1.165, 1.54) is 0 Å². The van der Waals surface area contributed by atoms with Gasteiger partial charge in [-0.05, 0) is 0 Å². The molecule has 0 heterocycles. The molecule has 57 heteroatoms. The summed E-state index contributed by atoms with van der Waals surface area (Å²) in [4.78, 5) is 0. The zero-order valence-corrected chi connectivity index (χ0v) is 62.3. The molecule has 6 aromatic carbocycles. The van der Waals surface area contributed by atoms with Crippen LogP contribution in [0, 0.1) is 21.7 Å². The molecular weight excluding hydrogens is 2080 g/mol. The van der Waals surface area contributed by atoms with Crippen molar-refractivity contribution in [3.63, 3.8) is 0 Å². The van der Waals surface area contributed by atoms with Crippen LogP contribution in [0.25, 0.3) is 0 Å². The Morgan fingerprint density at radius 3 is 0.405 bits per heavy atom. The van der Waals surface area contributed by atoms with Gasteiger partial charge in [0, 0.05) is 0 Å². The Balaban J connectivity index is 2.03. The Kier molecular flexibility index (Phi) is 26.6. The van der Waals surface area contributed by atoms with Crippen LogP contribution in [0.15, 0.2) is 158 Å². The normalized spacial score (nSPS) is 16.0. The van der Waals surface area contributed by atoms with Crippen LogP contribution in [0.1, 0.15) is 22.3 Å². The first kappa shape index (κ1) is 104. The predicted molar refractivity (Wildman–Crippen MR) is 322 cm³/mol. The third-order valence-electron chi connectivity index (χ3n) is 19.1. The minimum absolute atomic E-state index is 0.229. The van der Waals surface area contributed by atoms with Crippen LogP contribution < -0.4 is 31.8 Å². The van der Waals surface area contributed by atoms with Gasteiger partial charge in [-0.15, -0.1) is 0 Å². The molecule has 0 aliphatic heterocycles. The molecule has 121 heavy (non-hydrogen) atoms. The van der Waals surface area contributed by atoms with Crippen molar-refractivity contribution in [1.82, 2.24) is 0 Å². The Bertz CT molecular complexity index is 3970. The van der Waals surface area contributed by atoms with Crippen molar-refractivity contribution in [2.45, 2.75) is 147 Å². The number of hydrogen-bond acceptors (Lipinski definition) is 0. The summed E-state index contributed by atoms with van der Waals surface area (Å²) in [6.45, 7) is 0. The summed E-state index contributed by atoms with van der Waals surface area (Å²) >= 11 is -7.92. The fraction of sp³-hybridized carbons (Fsp3) is 0.438. The topological polar surface area (TPSA) is 0 Å². The zero-order valence-electron chi connectivity index (χ0n) is 56.6. The van der Waals surface area contributed by atoms with Gasteiger partial charge in [-0.3, -0.25) is 0 Å². The molecule has 0 bridgehead atoms. The van der Waals surface area contributed by atoms with E-state index in [1.54, 1.807) is 0 Å². The average molecular weight is 2120 g/mol. The van der Waals surface area contributed by atoms with Crippen LogP contribution in [0.2, 0.25) is 0 Å². The predicted octanol–water partition coefficient (Wildman–Crippen LogP) is 25.7. The molecule has 0 spiro atoms. The summed E-state index contributed by atoms with van der Waals surface area (Å²) in [6, 6.07) is -0.494. The van der Waals surface area contributed by atoms with Gasteiger partial charge < -0.3 is 0 Å². The van der Waals surface area contributed by atoms with Crippen molar-refractivity contribution in [2.75, 3.05) is 0 Å². The third kappa shape index (κ3) is 15.4. The second-order valence-electron chi connectivity index (χ2n) is 26.0. The van der Waals surface area contributed by atoms with Crippen LogP contribution in [0.5, 0.6) is 0 Å². The molecule has 0 unspecified atom stereocenters. The Morgan fingerprint density at radius 1 is 0.165 bits per heavy atom. The van der Waals surface area contributed by atoms with E-state index in [9.17, 15) is 87.8 Å². The Hall–Kier alpha value is -6.19. The van der Waals surface area contributed by atoms with E-state index < -0.39 is 295 Å². The van der Waals surface area contributed by atoms with Crippen molar-refractivity contribution in [3.05, 3.63) is 180 Å². The van der Waals surface area contributed by atoms with Crippen LogP contribution in [-0.2, 0) is 38.6 Å². The molecule has 0 aliphatic carbocycles. The monoisotopic (exact) mass is 2120 g/mol. The van der Waals surface area contributed by atoms with Crippen LogP contribution >= 0.6 is 29.5 Å². The Labute approximate surface area is 649 Å². The number of alkyl halides is 52. The first-order valence-electron chi connectivity index (χ1n) is 30.8. The quantitative estimate of drug-likeness (QED) is 0.0419. The summed E-state index contributed by atoms with van der Waals surface area (Å²) in [5, 5.41) is -21.8. The van der Waals surface area contributed by atoms with Crippen molar-refractivity contribution in [1.29, 1.82) is 0 Å². The van der Waals surface area contributed by atoms with E-state index in [2.05, 4.69) is 0 Å². The molecule has 0 fully saturated rings. The number of halogens is 54. The molecule has 6 aromatic rings. The maximum atomic E-state index is 15.7. The summed E-state index contributed by atoms with van der Waals surface area (Å²) in [5.41, 5.74) is -40.7. The second-order valence-corrected chi connectivity index (χ2v) is 68.5. The van der Waals surface area contributed by atoms with E-state index in [0.29, 0.717) is 48.5 Å². The molecule has 6 rings (SSSR count). The first-order valence-corrected chi connectivity index (χ1v) is 46.9. The van der Waals surface area contributed by atoms with Gasteiger partial charge in [0.1, 0.15) is 0 Å². The summed E-state index contributed by atoms with van der Waals surface area (Å²) in [6.07, 6.45) is -114. The van der Waals surface area contributed by atoms with Crippen molar-refractivity contribution < 1.29 is 241 Å². The third-order valence-corrected chi connectivity index (χ3v) is 80.8. The molecule has 0 saturated heterocycles. The van der Waals surface area contributed by atoms with E-state index in [4.69, 9.17) is 18.8 Å². The molecule has 0 atom stereocenters. The van der Waals surface area contributed by atoms with Crippen LogP contribution in [-0.4, -0.2) is 121 Å². The minimum atomic E-state index is -8.60. The summed E-state index contributed by atoms with van der Waals surface area (Å²) < 4.78 is 769. The molecule has 0 nitrogen and oxygen atoms in total. The van der Waals surface area contributed by atoms with Gasteiger partial charge in [-0.1, -0.05) is 0 Å². The molecule has 0 amide bonds. The Morgan fingerprint density at radius 2 is 0.289 bits per heavy atom. The van der Waals surface area contributed by atoms with Gasteiger partial charge in [0.15, 0.2) is 0 Å². The molecule has 0 radical (unpaired) electrons. The van der Waals surface area contributed by atoms with Gasteiger partial charge >= 0.3 is 651 Å². The van der Waals surface area contributed by atoms with Gasteiger partial charge in [0.2, 0.25) is 0 Å². The number of hydrogen-bond donors (Lipinski definition) is 0. The SMILES string of the molecule is FC(F)(F)C(F)(F)C(F)(F)C(Cc1ccc([PH](c2ccccc2)(c2ccc(CC(C(F)(F)F)(C(F)(F)F)C(F)(F)C(F)(F)C(F)(F)F)cc2)[Pt]([Cl])([Cl])[PH](c2ccccc2)(c2ccc(CC(C(F)(F)F)(C(F)(F)F)C(F)(F)C(F)(F)C(F)(F)F)cc2)c2ccc(CC(C(F)(F)F)(C(F)(F)F)C(F)(F)C(F)(F)C(F)(F)F)cc2)cc1)(C(F)(F)F)C(F)(F)F. The van der Waals surface area contributed by atoms with Gasteiger partial charge in [-0.2, -0.15) is 0 Å². The van der Waals surface area contributed by atoms with E-state index in [-0.39, 0.29) is 48.5 Å². The van der Waals surface area contributed by atoms with E-state index >= 15 is 140 Å². The van der Waals surface area contributed by atoms with Crippen molar-refractivity contribution in [2.24, 2.45) is 21.7 Å². The van der Waals surface area contributed by atoms with Crippen molar-refractivity contribution in [3.8, 4) is 0 Å². The fourth-order valence-corrected chi connectivity index (χ4v) is 88.3. The van der Waals surface area contributed by atoms with Crippen LogP contribution in [0.4, 0.5) is 228 Å². The van der Waals surface area contributed by atoms with Gasteiger partial charge in [-0.25, -0.2) is 0 Å². The van der Waals surface area contributed by atoms with E-state index in [1.807, 2.05) is 0 Å². The number of rotatable bonds is 24. The molecule has 0 aliphatic rings. The average Bonchev–Trinajstić information content (AvgIpc) is 0.691. The molecular formula is C64H36Cl2F52P2Pt. The summed E-state index contributed by atoms with van der Waals surface area (Å²) in [7, 11) is 16.0. The molecule has 0 aromatic heterocycles. The first-order chi connectivity index (χ1) is 53.4. The zero-order chi connectivity index (χ0) is 94.5. The van der Waals surface area contributed by atoms with Gasteiger partial charge in [0.05, 0.1) is 0 Å². The maximum absolute atomic E-state index is 15.7. The molecule has 0 N–H and O–H groups in total. The molecule has 0 saturated carbocycles. The fourth-order valence-electron chi connectivity index (χ4n) is 12.9. The van der Waals surface area contributed by atoms with E-state index in [0.717, 1.165) is 12.1 Å². The number of benzene rings is 6.